The lowest BCUT2D eigenvalue weighted by molar-refractivity contribution is -0.116. The number of carbonyl (C=O) groups is 1. The zero-order chi connectivity index (χ0) is 12.3. The first kappa shape index (κ1) is 11.1. The van der Waals surface area contributed by atoms with Crippen LogP contribution < -0.4 is 11.0 Å². The normalized spacial score (nSPS) is 10.4. The number of hydrogen-bond acceptors (Lipinski definition) is 3. The van der Waals surface area contributed by atoms with Crippen LogP contribution in [0.5, 0.6) is 0 Å². The summed E-state index contributed by atoms with van der Waals surface area (Å²) in [5, 5.41) is 6.71. The third-order valence-corrected chi connectivity index (χ3v) is 2.30. The van der Waals surface area contributed by atoms with Gasteiger partial charge >= 0.3 is 5.69 Å². The van der Waals surface area contributed by atoms with E-state index in [9.17, 15) is 9.59 Å². The Hall–Kier alpha value is -2.37. The third kappa shape index (κ3) is 2.25. The Morgan fingerprint density at radius 1 is 1.53 bits per heavy atom. The Bertz CT molecular complexity index is 611. The van der Waals surface area contributed by atoms with E-state index in [1.807, 2.05) is 6.07 Å². The summed E-state index contributed by atoms with van der Waals surface area (Å²) in [7, 11) is 0. The van der Waals surface area contributed by atoms with Crippen molar-refractivity contribution in [3.05, 3.63) is 47.5 Å². The number of hydrogen-bond donors (Lipinski definition) is 1. The molecule has 0 saturated heterocycles. The molecular weight excluding hydrogens is 220 g/mol. The average molecular weight is 232 g/mol. The number of carbonyl (C=O) groups excluding carboxylic acids is 1. The van der Waals surface area contributed by atoms with Gasteiger partial charge in [-0.25, -0.2) is 9.48 Å². The predicted molar refractivity (Wildman–Crippen MR) is 62.7 cm³/mol. The number of nitrogens with one attached hydrogen (secondary N) is 1. The molecule has 2 rings (SSSR count). The average Bonchev–Trinajstić information content (AvgIpc) is 2.67. The Morgan fingerprint density at radius 3 is 3.06 bits per heavy atom. The number of amides is 1. The smallest absolute Gasteiger partial charge is 0.350 e. The van der Waals surface area contributed by atoms with Crippen molar-refractivity contribution in [3.63, 3.8) is 0 Å². The van der Waals surface area contributed by atoms with E-state index in [2.05, 4.69) is 17.0 Å². The minimum Gasteiger partial charge on any atom is -0.351 e. The minimum atomic E-state index is -0.262. The number of pyridine rings is 1. The minimum absolute atomic E-state index is 0.214. The molecule has 88 valence electrons. The highest BCUT2D eigenvalue weighted by molar-refractivity contribution is 5.86. The largest absolute Gasteiger partial charge is 0.351 e. The highest BCUT2D eigenvalue weighted by atomic mass is 16.2. The highest BCUT2D eigenvalue weighted by Crippen LogP contribution is 1.94. The quantitative estimate of drug-likeness (QED) is 0.742. The zero-order valence-electron chi connectivity index (χ0n) is 9.17. The molecule has 1 amide bonds. The van der Waals surface area contributed by atoms with Gasteiger partial charge in [0.15, 0.2) is 5.65 Å². The van der Waals surface area contributed by atoms with Gasteiger partial charge in [-0.05, 0) is 18.2 Å². The van der Waals surface area contributed by atoms with Gasteiger partial charge < -0.3 is 5.32 Å². The molecule has 0 radical (unpaired) electrons. The summed E-state index contributed by atoms with van der Waals surface area (Å²) in [4.78, 5) is 22.7. The molecule has 6 heteroatoms. The van der Waals surface area contributed by atoms with Crippen LogP contribution in [-0.4, -0.2) is 26.6 Å². The van der Waals surface area contributed by atoms with Crippen LogP contribution in [0.2, 0.25) is 0 Å². The summed E-state index contributed by atoms with van der Waals surface area (Å²) in [6.07, 6.45) is 2.84. The fourth-order valence-electron chi connectivity index (χ4n) is 1.47. The van der Waals surface area contributed by atoms with Crippen molar-refractivity contribution in [2.75, 3.05) is 6.54 Å². The number of rotatable bonds is 4. The van der Waals surface area contributed by atoms with Crippen molar-refractivity contribution in [2.45, 2.75) is 6.54 Å². The molecule has 0 aliphatic rings. The van der Waals surface area contributed by atoms with E-state index in [4.69, 9.17) is 0 Å². The lowest BCUT2D eigenvalue weighted by Gasteiger charge is -2.00. The summed E-state index contributed by atoms with van der Waals surface area (Å²) in [6, 6.07) is 5.33. The van der Waals surface area contributed by atoms with Crippen LogP contribution >= 0.6 is 0 Å². The second-order valence-corrected chi connectivity index (χ2v) is 3.43. The fraction of sp³-hybridized carbons (Fsp3) is 0.182. The summed E-state index contributed by atoms with van der Waals surface area (Å²) >= 11 is 0. The van der Waals surface area contributed by atoms with Crippen molar-refractivity contribution in [2.24, 2.45) is 0 Å². The Balaban J connectivity index is 2.14. The zero-order valence-corrected chi connectivity index (χ0v) is 9.17. The first-order valence-electron chi connectivity index (χ1n) is 5.17. The van der Waals surface area contributed by atoms with Gasteiger partial charge in [0.05, 0.1) is 6.54 Å². The van der Waals surface area contributed by atoms with Gasteiger partial charge in [0, 0.05) is 12.7 Å². The monoisotopic (exact) mass is 232 g/mol. The van der Waals surface area contributed by atoms with E-state index in [1.54, 1.807) is 18.3 Å². The highest BCUT2D eigenvalue weighted by Gasteiger charge is 2.05. The summed E-state index contributed by atoms with van der Waals surface area (Å²) in [5.41, 5.74) is 0.376. The van der Waals surface area contributed by atoms with E-state index in [-0.39, 0.29) is 11.6 Å². The van der Waals surface area contributed by atoms with Crippen molar-refractivity contribution in [1.29, 1.82) is 0 Å². The van der Waals surface area contributed by atoms with Crippen molar-refractivity contribution < 1.29 is 4.79 Å². The maximum Gasteiger partial charge on any atom is 0.350 e. The molecule has 0 unspecified atom stereocenters. The molecule has 0 fully saturated rings. The van der Waals surface area contributed by atoms with Crippen molar-refractivity contribution in [3.8, 4) is 0 Å². The van der Waals surface area contributed by atoms with Crippen LogP contribution in [0.4, 0.5) is 0 Å². The third-order valence-electron chi connectivity index (χ3n) is 2.30. The van der Waals surface area contributed by atoms with Gasteiger partial charge in [0.25, 0.3) is 0 Å². The van der Waals surface area contributed by atoms with Crippen LogP contribution in [0.1, 0.15) is 0 Å². The standard InChI is InChI=1S/C11H12N4O2/c1-2-10(16)12-6-8-15-11(17)14-7-4-3-5-9(14)13-15/h2-5,7H,1,6,8H2,(H,12,16). The number of aromatic nitrogens is 3. The molecule has 17 heavy (non-hydrogen) atoms. The topological polar surface area (TPSA) is 68.4 Å². The van der Waals surface area contributed by atoms with Gasteiger partial charge in [-0.3, -0.25) is 9.20 Å². The van der Waals surface area contributed by atoms with Gasteiger partial charge in [0.1, 0.15) is 0 Å². The molecule has 2 heterocycles. The van der Waals surface area contributed by atoms with Crippen LogP contribution in [-0.2, 0) is 11.3 Å². The molecule has 2 aromatic rings. The molecule has 1 N–H and O–H groups in total. The first-order valence-corrected chi connectivity index (χ1v) is 5.17. The Kier molecular flexibility index (Phi) is 3.04. The summed E-state index contributed by atoms with van der Waals surface area (Å²) in [5.74, 6) is -0.262. The van der Waals surface area contributed by atoms with E-state index >= 15 is 0 Å². The molecule has 0 saturated carbocycles. The molecule has 2 aromatic heterocycles. The van der Waals surface area contributed by atoms with E-state index < -0.39 is 0 Å². The number of nitrogens with zero attached hydrogens (tertiary/aromatic N) is 3. The first-order chi connectivity index (χ1) is 8.22. The maximum absolute atomic E-state index is 11.8. The van der Waals surface area contributed by atoms with Crippen LogP contribution in [0, 0.1) is 0 Å². The van der Waals surface area contributed by atoms with Gasteiger partial charge in [-0.15, -0.1) is 5.10 Å². The number of fused-ring (bicyclic) bond motifs is 1. The van der Waals surface area contributed by atoms with E-state index in [0.717, 1.165) is 0 Å². The van der Waals surface area contributed by atoms with Gasteiger partial charge in [-0.1, -0.05) is 12.6 Å². The second kappa shape index (κ2) is 4.65. The van der Waals surface area contributed by atoms with E-state index in [1.165, 1.54) is 15.2 Å². The lowest BCUT2D eigenvalue weighted by atomic mass is 10.5. The molecular formula is C11H12N4O2. The Labute approximate surface area is 97.2 Å². The second-order valence-electron chi connectivity index (χ2n) is 3.43. The van der Waals surface area contributed by atoms with Gasteiger partial charge in [-0.2, -0.15) is 0 Å². The fourth-order valence-corrected chi connectivity index (χ4v) is 1.47. The van der Waals surface area contributed by atoms with Crippen LogP contribution in [0.25, 0.3) is 5.65 Å². The maximum atomic E-state index is 11.8. The van der Waals surface area contributed by atoms with E-state index in [0.29, 0.717) is 18.7 Å². The summed E-state index contributed by atoms with van der Waals surface area (Å²) in [6.45, 7) is 4.01. The van der Waals surface area contributed by atoms with Gasteiger partial charge in [0.2, 0.25) is 5.91 Å². The summed E-state index contributed by atoms with van der Waals surface area (Å²) < 4.78 is 2.77. The van der Waals surface area contributed by atoms with Crippen molar-refractivity contribution >= 4 is 11.6 Å². The SMILES string of the molecule is C=CC(=O)NCCn1nc2ccccn2c1=O. The molecule has 0 bridgehead atoms. The predicted octanol–water partition coefficient (Wildman–Crippen LogP) is -0.202. The Morgan fingerprint density at radius 2 is 2.35 bits per heavy atom. The molecule has 6 nitrogen and oxygen atoms in total. The van der Waals surface area contributed by atoms with Crippen LogP contribution in [0.15, 0.2) is 41.8 Å². The molecule has 0 aliphatic heterocycles. The molecule has 0 spiro atoms. The molecule has 0 atom stereocenters. The lowest BCUT2D eigenvalue weighted by Crippen LogP contribution is -2.30. The van der Waals surface area contributed by atoms with Crippen LogP contribution in [0.3, 0.4) is 0 Å². The molecule has 0 aromatic carbocycles. The van der Waals surface area contributed by atoms with Crippen molar-refractivity contribution in [1.82, 2.24) is 19.5 Å². The molecule has 0 aliphatic carbocycles.